The molecule has 0 radical (unpaired) electrons. The Kier molecular flexibility index (Phi) is 4.96. The molecule has 2 rings (SSSR count). The normalized spacial score (nSPS) is 11.2. The number of aryl methyl sites for hydroxylation is 1. The average molecular weight is 271 g/mol. The number of nitrogens with zero attached hydrogens (tertiary/aromatic N) is 2. The molecule has 1 N–H and O–H groups in total. The van der Waals surface area contributed by atoms with Gasteiger partial charge in [-0.1, -0.05) is 25.1 Å². The summed E-state index contributed by atoms with van der Waals surface area (Å²) in [6.07, 6.45) is 2.13. The van der Waals surface area contributed by atoms with Crippen LogP contribution in [0.3, 0.4) is 0 Å². The first-order chi connectivity index (χ1) is 9.61. The van der Waals surface area contributed by atoms with Crippen molar-refractivity contribution >= 4 is 11.0 Å². The Labute approximate surface area is 121 Å². The zero-order chi connectivity index (χ0) is 14.5. The standard InChI is InChI=1S/C17H25N3/c1-5-9-18-10-8-17-19-15-11-14(4)6-7-16(15)20(17)12-13(2)3/h6-7,11,18H,2,5,8-10,12H2,1,3-4H3. The van der Waals surface area contributed by atoms with Gasteiger partial charge in [-0.05, 0) is 44.5 Å². The molecular weight excluding hydrogens is 246 g/mol. The number of benzene rings is 1. The third-order valence-corrected chi connectivity index (χ3v) is 3.36. The van der Waals surface area contributed by atoms with Crippen molar-refractivity contribution in [2.24, 2.45) is 0 Å². The van der Waals surface area contributed by atoms with Gasteiger partial charge in [-0.15, -0.1) is 0 Å². The molecular formula is C17H25N3. The van der Waals surface area contributed by atoms with Gasteiger partial charge >= 0.3 is 0 Å². The number of fused-ring (bicyclic) bond motifs is 1. The first-order valence-electron chi connectivity index (χ1n) is 7.42. The second kappa shape index (κ2) is 6.71. The molecule has 0 unspecified atom stereocenters. The third kappa shape index (κ3) is 3.48. The number of aromatic nitrogens is 2. The number of imidazole rings is 1. The van der Waals surface area contributed by atoms with Gasteiger partial charge in [-0.2, -0.15) is 0 Å². The summed E-state index contributed by atoms with van der Waals surface area (Å²) < 4.78 is 2.30. The third-order valence-electron chi connectivity index (χ3n) is 3.36. The van der Waals surface area contributed by atoms with Gasteiger partial charge in [0.15, 0.2) is 0 Å². The molecule has 2 aromatic rings. The number of hydrogen-bond acceptors (Lipinski definition) is 2. The van der Waals surface area contributed by atoms with Crippen molar-refractivity contribution in [3.63, 3.8) is 0 Å². The maximum absolute atomic E-state index is 4.81. The summed E-state index contributed by atoms with van der Waals surface area (Å²) in [5, 5.41) is 3.44. The van der Waals surface area contributed by atoms with Gasteiger partial charge in [0.2, 0.25) is 0 Å². The van der Waals surface area contributed by atoms with Crippen molar-refractivity contribution in [2.75, 3.05) is 13.1 Å². The lowest BCUT2D eigenvalue weighted by molar-refractivity contribution is 0.637. The van der Waals surface area contributed by atoms with Crippen molar-refractivity contribution in [1.29, 1.82) is 0 Å². The summed E-state index contributed by atoms with van der Waals surface area (Å²) in [4.78, 5) is 4.81. The van der Waals surface area contributed by atoms with E-state index in [1.54, 1.807) is 0 Å². The number of rotatable bonds is 7. The van der Waals surface area contributed by atoms with Crippen LogP contribution in [0.1, 0.15) is 31.7 Å². The van der Waals surface area contributed by atoms with Crippen LogP contribution < -0.4 is 5.32 Å². The van der Waals surface area contributed by atoms with Crippen molar-refractivity contribution in [2.45, 2.75) is 40.2 Å². The largest absolute Gasteiger partial charge is 0.324 e. The van der Waals surface area contributed by atoms with Crippen molar-refractivity contribution in [1.82, 2.24) is 14.9 Å². The highest BCUT2D eigenvalue weighted by molar-refractivity contribution is 5.77. The van der Waals surface area contributed by atoms with Gasteiger partial charge in [0.25, 0.3) is 0 Å². The number of allylic oxidation sites excluding steroid dienone is 1. The minimum atomic E-state index is 0.850. The molecule has 0 bridgehead atoms. The maximum atomic E-state index is 4.81. The molecule has 1 aromatic carbocycles. The molecule has 0 aliphatic carbocycles. The summed E-state index contributed by atoms with van der Waals surface area (Å²) in [6.45, 7) is 13.3. The van der Waals surface area contributed by atoms with Gasteiger partial charge in [-0.25, -0.2) is 4.98 Å². The summed E-state index contributed by atoms with van der Waals surface area (Å²) in [5.74, 6) is 1.15. The molecule has 108 valence electrons. The quantitative estimate of drug-likeness (QED) is 0.617. The second-order valence-corrected chi connectivity index (χ2v) is 5.56. The number of hydrogen-bond donors (Lipinski definition) is 1. The topological polar surface area (TPSA) is 29.9 Å². The van der Waals surface area contributed by atoms with E-state index in [2.05, 4.69) is 55.4 Å². The fourth-order valence-electron chi connectivity index (χ4n) is 2.43. The van der Waals surface area contributed by atoms with Crippen LogP contribution in [0, 0.1) is 6.92 Å². The zero-order valence-electron chi connectivity index (χ0n) is 12.9. The molecule has 0 amide bonds. The van der Waals surface area contributed by atoms with Gasteiger partial charge in [0.05, 0.1) is 11.0 Å². The lowest BCUT2D eigenvalue weighted by Gasteiger charge is -2.09. The molecule has 1 heterocycles. The molecule has 0 saturated heterocycles. The van der Waals surface area contributed by atoms with Gasteiger partial charge < -0.3 is 9.88 Å². The molecule has 3 nitrogen and oxygen atoms in total. The molecule has 0 aliphatic rings. The van der Waals surface area contributed by atoms with Gasteiger partial charge in [0.1, 0.15) is 5.82 Å². The molecule has 0 spiro atoms. The van der Waals surface area contributed by atoms with Crippen LogP contribution in [0.2, 0.25) is 0 Å². The molecule has 20 heavy (non-hydrogen) atoms. The van der Waals surface area contributed by atoms with Crippen molar-refractivity contribution < 1.29 is 0 Å². The van der Waals surface area contributed by atoms with Crippen LogP contribution in [0.4, 0.5) is 0 Å². The van der Waals surface area contributed by atoms with Crippen LogP contribution >= 0.6 is 0 Å². The van der Waals surface area contributed by atoms with E-state index in [1.807, 2.05) is 0 Å². The van der Waals surface area contributed by atoms with Gasteiger partial charge in [0, 0.05) is 19.5 Å². The Morgan fingerprint density at radius 2 is 2.15 bits per heavy atom. The molecule has 0 atom stereocenters. The first-order valence-corrected chi connectivity index (χ1v) is 7.42. The summed E-state index contributed by atoms with van der Waals surface area (Å²) in [6, 6.07) is 6.48. The highest BCUT2D eigenvalue weighted by atomic mass is 15.1. The van der Waals surface area contributed by atoms with Crippen molar-refractivity contribution in [3.8, 4) is 0 Å². The first kappa shape index (κ1) is 14.8. The number of nitrogens with one attached hydrogen (secondary N) is 1. The van der Waals surface area contributed by atoms with E-state index in [-0.39, 0.29) is 0 Å². The maximum Gasteiger partial charge on any atom is 0.111 e. The van der Waals surface area contributed by atoms with Crippen LogP contribution in [0.25, 0.3) is 11.0 Å². The molecule has 1 aromatic heterocycles. The Bertz CT molecular complexity index is 596. The van der Waals surface area contributed by atoms with Crippen molar-refractivity contribution in [3.05, 3.63) is 41.7 Å². The van der Waals surface area contributed by atoms with Crippen LogP contribution in [-0.4, -0.2) is 22.6 Å². The Balaban J connectivity index is 2.28. The average Bonchev–Trinajstić information content (AvgIpc) is 2.71. The zero-order valence-corrected chi connectivity index (χ0v) is 12.9. The highest BCUT2D eigenvalue weighted by Gasteiger charge is 2.10. The monoisotopic (exact) mass is 271 g/mol. The SMILES string of the molecule is C=C(C)Cn1c(CCNCCC)nc2cc(C)ccc21. The highest BCUT2D eigenvalue weighted by Crippen LogP contribution is 2.19. The summed E-state index contributed by atoms with van der Waals surface area (Å²) >= 11 is 0. The molecule has 0 fully saturated rings. The second-order valence-electron chi connectivity index (χ2n) is 5.56. The molecule has 0 saturated carbocycles. The summed E-state index contributed by atoms with van der Waals surface area (Å²) in [5.41, 5.74) is 4.72. The predicted molar refractivity (Wildman–Crippen MR) is 86.1 cm³/mol. The Hall–Kier alpha value is -1.61. The smallest absolute Gasteiger partial charge is 0.111 e. The summed E-state index contributed by atoms with van der Waals surface area (Å²) in [7, 11) is 0. The minimum Gasteiger partial charge on any atom is -0.324 e. The van der Waals surface area contributed by atoms with E-state index in [9.17, 15) is 0 Å². The Morgan fingerprint density at radius 1 is 1.35 bits per heavy atom. The van der Waals surface area contributed by atoms with Crippen LogP contribution in [0.15, 0.2) is 30.4 Å². The van der Waals surface area contributed by atoms with E-state index in [0.717, 1.165) is 43.0 Å². The van der Waals surface area contributed by atoms with Crippen LogP contribution in [-0.2, 0) is 13.0 Å². The van der Waals surface area contributed by atoms with E-state index >= 15 is 0 Å². The molecule has 0 aliphatic heterocycles. The fourth-order valence-corrected chi connectivity index (χ4v) is 2.43. The lowest BCUT2D eigenvalue weighted by atomic mass is 10.2. The van der Waals surface area contributed by atoms with E-state index in [4.69, 9.17) is 4.98 Å². The predicted octanol–water partition coefficient (Wildman–Crippen LogP) is 3.46. The van der Waals surface area contributed by atoms with E-state index in [0.29, 0.717) is 0 Å². The minimum absolute atomic E-state index is 0.850. The lowest BCUT2D eigenvalue weighted by Crippen LogP contribution is -2.19. The Morgan fingerprint density at radius 3 is 2.85 bits per heavy atom. The van der Waals surface area contributed by atoms with Crippen LogP contribution in [0.5, 0.6) is 0 Å². The fraction of sp³-hybridized carbons (Fsp3) is 0.471. The van der Waals surface area contributed by atoms with Gasteiger partial charge in [-0.3, -0.25) is 0 Å². The van der Waals surface area contributed by atoms with E-state index in [1.165, 1.54) is 17.5 Å². The van der Waals surface area contributed by atoms with E-state index < -0.39 is 0 Å². The molecule has 3 heteroatoms.